The summed E-state index contributed by atoms with van der Waals surface area (Å²) in [4.78, 5) is 30.0. The minimum atomic E-state index is -0.786. The van der Waals surface area contributed by atoms with Crippen LogP contribution >= 0.6 is 12.4 Å². The highest BCUT2D eigenvalue weighted by Gasteiger charge is 2.34. The van der Waals surface area contributed by atoms with Gasteiger partial charge < -0.3 is 10.0 Å². The molecular weight excluding hydrogens is 378 g/mol. The van der Waals surface area contributed by atoms with Crippen molar-refractivity contribution in [3.63, 3.8) is 0 Å². The zero-order valence-corrected chi connectivity index (χ0v) is 17.7. The van der Waals surface area contributed by atoms with Crippen molar-refractivity contribution in [3.05, 3.63) is 35.4 Å². The van der Waals surface area contributed by atoms with Crippen LogP contribution in [0.1, 0.15) is 36.8 Å². The van der Waals surface area contributed by atoms with Crippen molar-refractivity contribution in [1.82, 2.24) is 14.7 Å². The molecule has 7 heteroatoms. The van der Waals surface area contributed by atoms with Gasteiger partial charge in [0.1, 0.15) is 0 Å². The Kier molecular flexibility index (Phi) is 8.28. The Bertz CT molecular complexity index is 655. The molecule has 2 fully saturated rings. The smallest absolute Gasteiger partial charge is 0.317 e. The van der Waals surface area contributed by atoms with Crippen LogP contribution in [-0.2, 0) is 16.1 Å². The second kappa shape index (κ2) is 10.2. The van der Waals surface area contributed by atoms with Crippen LogP contribution in [0.2, 0.25) is 0 Å². The van der Waals surface area contributed by atoms with Gasteiger partial charge in [0.05, 0.1) is 13.1 Å². The van der Waals surface area contributed by atoms with Crippen LogP contribution in [0.25, 0.3) is 0 Å². The van der Waals surface area contributed by atoms with Crippen molar-refractivity contribution in [1.29, 1.82) is 0 Å². The van der Waals surface area contributed by atoms with Gasteiger partial charge in [-0.25, -0.2) is 0 Å². The molecule has 1 saturated heterocycles. The Morgan fingerprint density at radius 2 is 1.68 bits per heavy atom. The molecule has 1 aliphatic heterocycles. The second-order valence-corrected chi connectivity index (χ2v) is 8.05. The van der Waals surface area contributed by atoms with Crippen molar-refractivity contribution in [2.24, 2.45) is 0 Å². The van der Waals surface area contributed by atoms with E-state index in [1.165, 1.54) is 11.1 Å². The van der Waals surface area contributed by atoms with Crippen LogP contribution < -0.4 is 0 Å². The van der Waals surface area contributed by atoms with E-state index in [-0.39, 0.29) is 24.9 Å². The predicted molar refractivity (Wildman–Crippen MR) is 112 cm³/mol. The van der Waals surface area contributed by atoms with E-state index < -0.39 is 5.97 Å². The van der Waals surface area contributed by atoms with Crippen molar-refractivity contribution >= 4 is 24.3 Å². The number of piperidine rings is 1. The topological polar surface area (TPSA) is 64.1 Å². The van der Waals surface area contributed by atoms with Crippen LogP contribution in [0.3, 0.4) is 0 Å². The van der Waals surface area contributed by atoms with Gasteiger partial charge in [-0.15, -0.1) is 12.4 Å². The van der Waals surface area contributed by atoms with E-state index in [0.717, 1.165) is 38.8 Å². The molecule has 2 aliphatic rings. The number of aryl methyl sites for hydroxylation is 1. The quantitative estimate of drug-likeness (QED) is 0.714. The summed E-state index contributed by atoms with van der Waals surface area (Å²) >= 11 is 0. The summed E-state index contributed by atoms with van der Waals surface area (Å²) in [5.41, 5.74) is 2.42. The normalized spacial score (nSPS) is 18.0. The number of carboxylic acid groups (broad SMARTS) is 1. The van der Waals surface area contributed by atoms with Crippen LogP contribution in [0, 0.1) is 6.92 Å². The molecule has 1 aromatic rings. The lowest BCUT2D eigenvalue weighted by molar-refractivity contribution is -0.138. The first-order chi connectivity index (χ1) is 12.9. The molecule has 0 radical (unpaired) electrons. The average molecular weight is 410 g/mol. The van der Waals surface area contributed by atoms with E-state index in [2.05, 4.69) is 36.1 Å². The fourth-order valence-electron chi connectivity index (χ4n) is 3.84. The lowest BCUT2D eigenvalue weighted by atomic mass is 10.0. The first kappa shape index (κ1) is 22.7. The largest absolute Gasteiger partial charge is 0.480 e. The third kappa shape index (κ3) is 6.47. The van der Waals surface area contributed by atoms with Crippen LogP contribution in [-0.4, -0.2) is 77.0 Å². The summed E-state index contributed by atoms with van der Waals surface area (Å²) in [6, 6.07) is 9.12. The maximum Gasteiger partial charge on any atom is 0.317 e. The van der Waals surface area contributed by atoms with E-state index in [0.29, 0.717) is 25.2 Å². The number of carbonyl (C=O) groups excluding carboxylic acids is 1. The first-order valence-corrected chi connectivity index (χ1v) is 9.92. The van der Waals surface area contributed by atoms with Gasteiger partial charge in [-0.3, -0.25) is 19.4 Å². The molecule has 156 valence electrons. The number of carbonyl (C=O) groups is 2. The summed E-state index contributed by atoms with van der Waals surface area (Å²) in [5.74, 6) is -0.568. The molecule has 1 amide bonds. The number of likely N-dealkylation sites (N-methyl/N-ethyl adjacent to an activating group) is 1. The molecule has 1 N–H and O–H groups in total. The number of halogens is 1. The number of carboxylic acids is 1. The fraction of sp³-hybridized carbons (Fsp3) is 0.619. The maximum atomic E-state index is 12.9. The summed E-state index contributed by atoms with van der Waals surface area (Å²) < 4.78 is 0. The van der Waals surface area contributed by atoms with Crippen molar-refractivity contribution in [2.45, 2.75) is 51.2 Å². The Labute approximate surface area is 173 Å². The number of aliphatic carboxylic acids is 1. The highest BCUT2D eigenvalue weighted by atomic mass is 35.5. The lowest BCUT2D eigenvalue weighted by Crippen LogP contribution is -2.48. The van der Waals surface area contributed by atoms with Gasteiger partial charge in [-0.1, -0.05) is 29.8 Å². The molecule has 3 rings (SSSR count). The minimum absolute atomic E-state index is 0. The van der Waals surface area contributed by atoms with E-state index >= 15 is 0 Å². The van der Waals surface area contributed by atoms with Gasteiger partial charge in [-0.2, -0.15) is 0 Å². The highest BCUT2D eigenvalue weighted by molar-refractivity contribution is 5.85. The van der Waals surface area contributed by atoms with Gasteiger partial charge in [0.15, 0.2) is 0 Å². The van der Waals surface area contributed by atoms with E-state index in [1.54, 1.807) is 0 Å². The molecule has 0 spiro atoms. The number of hydrogen-bond donors (Lipinski definition) is 1. The van der Waals surface area contributed by atoms with Gasteiger partial charge in [0.25, 0.3) is 0 Å². The summed E-state index contributed by atoms with van der Waals surface area (Å²) in [7, 11) is 1.87. The first-order valence-electron chi connectivity index (χ1n) is 9.92. The van der Waals surface area contributed by atoms with Crippen molar-refractivity contribution in [3.8, 4) is 0 Å². The molecule has 1 saturated carbocycles. The number of amides is 1. The molecule has 1 heterocycles. The van der Waals surface area contributed by atoms with E-state index in [9.17, 15) is 9.59 Å². The number of benzene rings is 1. The lowest BCUT2D eigenvalue weighted by Gasteiger charge is -2.36. The number of likely N-dealkylation sites (tertiary alicyclic amines) is 1. The third-order valence-corrected chi connectivity index (χ3v) is 5.71. The number of nitrogens with zero attached hydrogens (tertiary/aromatic N) is 3. The molecule has 0 atom stereocenters. The Hall–Kier alpha value is -1.63. The highest BCUT2D eigenvalue weighted by Crippen LogP contribution is 2.29. The fourth-order valence-corrected chi connectivity index (χ4v) is 3.84. The van der Waals surface area contributed by atoms with Gasteiger partial charge in [0.2, 0.25) is 5.91 Å². The Balaban J connectivity index is 0.00000280. The molecule has 1 aliphatic carbocycles. The Morgan fingerprint density at radius 3 is 2.21 bits per heavy atom. The molecule has 6 nitrogen and oxygen atoms in total. The Morgan fingerprint density at radius 1 is 1.07 bits per heavy atom. The molecule has 0 bridgehead atoms. The molecule has 28 heavy (non-hydrogen) atoms. The summed E-state index contributed by atoms with van der Waals surface area (Å²) in [5, 5.41) is 8.94. The van der Waals surface area contributed by atoms with Gasteiger partial charge in [0, 0.05) is 31.7 Å². The molecule has 0 unspecified atom stereocenters. The zero-order valence-electron chi connectivity index (χ0n) is 16.8. The summed E-state index contributed by atoms with van der Waals surface area (Å²) in [6.45, 7) is 5.02. The van der Waals surface area contributed by atoms with Crippen molar-refractivity contribution < 1.29 is 14.7 Å². The van der Waals surface area contributed by atoms with Crippen LogP contribution in [0.4, 0.5) is 0 Å². The van der Waals surface area contributed by atoms with E-state index in [1.807, 2.05) is 16.8 Å². The van der Waals surface area contributed by atoms with E-state index in [4.69, 9.17) is 5.11 Å². The minimum Gasteiger partial charge on any atom is -0.480 e. The summed E-state index contributed by atoms with van der Waals surface area (Å²) in [6.07, 6.45) is 4.05. The van der Waals surface area contributed by atoms with Crippen LogP contribution in [0.15, 0.2) is 24.3 Å². The monoisotopic (exact) mass is 409 g/mol. The molecular formula is C21H32ClN3O3. The zero-order chi connectivity index (χ0) is 19.4. The molecule has 0 aromatic heterocycles. The number of rotatable bonds is 8. The van der Waals surface area contributed by atoms with Crippen molar-refractivity contribution in [2.75, 3.05) is 33.2 Å². The SMILES string of the molecule is Cc1ccc(CN(C(=O)CN2CCC(N(C)CC(=O)O)CC2)C2CC2)cc1.Cl. The second-order valence-electron chi connectivity index (χ2n) is 8.05. The molecule has 1 aromatic carbocycles. The average Bonchev–Trinajstić information content (AvgIpc) is 3.46. The van der Waals surface area contributed by atoms with Gasteiger partial charge >= 0.3 is 5.97 Å². The van der Waals surface area contributed by atoms with Crippen LogP contribution in [0.5, 0.6) is 0 Å². The maximum absolute atomic E-state index is 12.9. The number of hydrogen-bond acceptors (Lipinski definition) is 4. The predicted octanol–water partition coefficient (Wildman–Crippen LogP) is 2.39. The van der Waals surface area contributed by atoms with Gasteiger partial charge in [-0.05, 0) is 45.2 Å². The third-order valence-electron chi connectivity index (χ3n) is 5.71. The standard InChI is InChI=1S/C21H31N3O3.ClH/c1-16-3-5-17(6-4-16)13-24(19-7-8-19)20(25)14-23-11-9-18(10-12-23)22(2)15-21(26)27;/h3-6,18-19H,7-15H2,1-2H3,(H,26,27);1H.